The standard InChI is InChI=1S/C7H16N2S.H2/c1-4-6(5-2)9-7(10)8-3;/h6H,4-5H2,1-3H3,(H2,8,9,10);1H. The summed E-state index contributed by atoms with van der Waals surface area (Å²) in [5.41, 5.74) is 0. The molecule has 3 heteroatoms. The third-order valence-corrected chi connectivity index (χ3v) is 1.87. The molecule has 0 aliphatic rings. The lowest BCUT2D eigenvalue weighted by atomic mass is 10.2. The lowest BCUT2D eigenvalue weighted by Crippen LogP contribution is -2.39. The zero-order valence-corrected chi connectivity index (χ0v) is 7.72. The molecule has 10 heavy (non-hydrogen) atoms. The number of nitrogens with one attached hydrogen (secondary N) is 2. The van der Waals surface area contributed by atoms with Crippen molar-refractivity contribution in [1.82, 2.24) is 10.6 Å². The molecular weight excluding hydrogens is 144 g/mol. The van der Waals surface area contributed by atoms with Gasteiger partial charge in [-0.05, 0) is 25.1 Å². The summed E-state index contributed by atoms with van der Waals surface area (Å²) >= 11 is 4.94. The first-order valence-electron chi connectivity index (χ1n) is 3.72. The smallest absolute Gasteiger partial charge is 0.166 e. The highest BCUT2D eigenvalue weighted by molar-refractivity contribution is 7.80. The molecule has 0 aliphatic heterocycles. The molecule has 0 aromatic carbocycles. The number of rotatable bonds is 3. The first kappa shape index (κ1) is 9.69. The van der Waals surface area contributed by atoms with Crippen LogP contribution in [0.3, 0.4) is 0 Å². The van der Waals surface area contributed by atoms with E-state index in [1.165, 1.54) is 0 Å². The summed E-state index contributed by atoms with van der Waals surface area (Å²) in [5, 5.41) is 6.81. The van der Waals surface area contributed by atoms with Crippen LogP contribution in [0.15, 0.2) is 0 Å². The summed E-state index contributed by atoms with van der Waals surface area (Å²) in [4.78, 5) is 0. The lowest BCUT2D eigenvalue weighted by molar-refractivity contribution is 0.567. The van der Waals surface area contributed by atoms with Gasteiger partial charge >= 0.3 is 0 Å². The minimum absolute atomic E-state index is 0. The molecule has 0 unspecified atom stereocenters. The summed E-state index contributed by atoms with van der Waals surface area (Å²) in [6.07, 6.45) is 2.25. The molecule has 0 amide bonds. The van der Waals surface area contributed by atoms with Crippen LogP contribution in [0.4, 0.5) is 0 Å². The van der Waals surface area contributed by atoms with Crippen molar-refractivity contribution in [3.05, 3.63) is 0 Å². The number of hydrogen-bond donors (Lipinski definition) is 2. The maximum Gasteiger partial charge on any atom is 0.166 e. The van der Waals surface area contributed by atoms with Crippen molar-refractivity contribution in [2.75, 3.05) is 7.05 Å². The summed E-state index contributed by atoms with van der Waals surface area (Å²) in [6.45, 7) is 4.30. The van der Waals surface area contributed by atoms with Crippen molar-refractivity contribution >= 4 is 17.3 Å². The van der Waals surface area contributed by atoms with Crippen LogP contribution in [0.25, 0.3) is 0 Å². The van der Waals surface area contributed by atoms with Crippen LogP contribution in [0.2, 0.25) is 0 Å². The van der Waals surface area contributed by atoms with E-state index in [0.717, 1.165) is 18.0 Å². The minimum atomic E-state index is 0. The largest absolute Gasteiger partial charge is 0.366 e. The highest BCUT2D eigenvalue weighted by Crippen LogP contribution is 1.94. The van der Waals surface area contributed by atoms with Gasteiger partial charge in [0.05, 0.1) is 0 Å². The second-order valence-corrected chi connectivity index (χ2v) is 2.65. The normalized spacial score (nSPS) is 9.60. The van der Waals surface area contributed by atoms with E-state index in [2.05, 4.69) is 24.5 Å². The molecular formula is C7H18N2S. The average molecular weight is 162 g/mol. The molecule has 62 valence electrons. The van der Waals surface area contributed by atoms with Crippen molar-refractivity contribution < 1.29 is 1.43 Å². The third kappa shape index (κ3) is 3.67. The Bertz CT molecular complexity index is 105. The zero-order chi connectivity index (χ0) is 7.98. The monoisotopic (exact) mass is 162 g/mol. The van der Waals surface area contributed by atoms with E-state index in [1.807, 2.05) is 7.05 Å². The maximum atomic E-state index is 4.94. The second-order valence-electron chi connectivity index (χ2n) is 2.24. The predicted octanol–water partition coefficient (Wildman–Crippen LogP) is 1.51. The van der Waals surface area contributed by atoms with Gasteiger partial charge in [-0.25, -0.2) is 0 Å². The molecule has 0 bridgehead atoms. The third-order valence-electron chi connectivity index (χ3n) is 1.55. The highest BCUT2D eigenvalue weighted by Gasteiger charge is 2.01. The summed E-state index contributed by atoms with van der Waals surface area (Å²) < 4.78 is 0. The Morgan fingerprint density at radius 3 is 2.30 bits per heavy atom. The maximum absolute atomic E-state index is 4.94. The Hall–Kier alpha value is -0.310. The Balaban J connectivity index is 0. The fraction of sp³-hybridized carbons (Fsp3) is 0.857. The van der Waals surface area contributed by atoms with E-state index in [4.69, 9.17) is 12.2 Å². The van der Waals surface area contributed by atoms with Crippen molar-refractivity contribution in [2.45, 2.75) is 32.7 Å². The summed E-state index contributed by atoms with van der Waals surface area (Å²) in [5.74, 6) is 0. The first-order valence-corrected chi connectivity index (χ1v) is 4.13. The molecule has 0 aliphatic carbocycles. The van der Waals surface area contributed by atoms with Gasteiger partial charge in [0, 0.05) is 14.5 Å². The molecule has 2 N–H and O–H groups in total. The van der Waals surface area contributed by atoms with Crippen LogP contribution in [0, 0.1) is 0 Å². The first-order chi connectivity index (χ1) is 4.74. The number of hydrogen-bond acceptors (Lipinski definition) is 1. The molecule has 0 atom stereocenters. The molecule has 2 nitrogen and oxygen atoms in total. The Morgan fingerprint density at radius 2 is 2.00 bits per heavy atom. The van der Waals surface area contributed by atoms with Crippen molar-refractivity contribution in [1.29, 1.82) is 0 Å². The van der Waals surface area contributed by atoms with Gasteiger partial charge in [0.1, 0.15) is 0 Å². The van der Waals surface area contributed by atoms with Gasteiger partial charge in [-0.2, -0.15) is 0 Å². The summed E-state index contributed by atoms with van der Waals surface area (Å²) in [6, 6.07) is 0.528. The van der Waals surface area contributed by atoms with Crippen LogP contribution in [-0.4, -0.2) is 18.2 Å². The van der Waals surface area contributed by atoms with E-state index >= 15 is 0 Å². The molecule has 0 fully saturated rings. The van der Waals surface area contributed by atoms with E-state index in [1.54, 1.807) is 0 Å². The zero-order valence-electron chi connectivity index (χ0n) is 6.90. The van der Waals surface area contributed by atoms with Gasteiger partial charge < -0.3 is 10.6 Å². The molecule has 0 radical (unpaired) electrons. The lowest BCUT2D eigenvalue weighted by Gasteiger charge is -2.15. The molecule has 0 aromatic heterocycles. The fourth-order valence-electron chi connectivity index (χ4n) is 0.750. The fourth-order valence-corrected chi connectivity index (χ4v) is 0.917. The quantitative estimate of drug-likeness (QED) is 0.615. The topological polar surface area (TPSA) is 24.1 Å². The van der Waals surface area contributed by atoms with Crippen LogP contribution in [0.5, 0.6) is 0 Å². The van der Waals surface area contributed by atoms with Crippen molar-refractivity contribution in [3.8, 4) is 0 Å². The Morgan fingerprint density at radius 1 is 1.50 bits per heavy atom. The van der Waals surface area contributed by atoms with Gasteiger partial charge in [-0.3, -0.25) is 0 Å². The highest BCUT2D eigenvalue weighted by atomic mass is 32.1. The van der Waals surface area contributed by atoms with Crippen LogP contribution >= 0.6 is 12.2 Å². The van der Waals surface area contributed by atoms with Gasteiger partial charge in [0.25, 0.3) is 0 Å². The SMILES string of the molecule is CCC(CC)NC(=S)NC.[HH]. The van der Waals surface area contributed by atoms with Crippen molar-refractivity contribution in [2.24, 2.45) is 0 Å². The average Bonchev–Trinajstić information content (AvgIpc) is 1.99. The molecule has 0 saturated carbocycles. The molecule has 0 aromatic rings. The van der Waals surface area contributed by atoms with Crippen LogP contribution in [0.1, 0.15) is 28.1 Å². The Labute approximate surface area is 69.9 Å². The number of thiocarbonyl (C=S) groups is 1. The second kappa shape index (κ2) is 5.47. The van der Waals surface area contributed by atoms with Gasteiger partial charge in [0.2, 0.25) is 0 Å². The predicted molar refractivity (Wildman–Crippen MR) is 51.3 cm³/mol. The molecule has 0 spiro atoms. The summed E-state index contributed by atoms with van der Waals surface area (Å²) in [7, 11) is 1.83. The van der Waals surface area contributed by atoms with Crippen LogP contribution in [-0.2, 0) is 0 Å². The van der Waals surface area contributed by atoms with Crippen LogP contribution < -0.4 is 10.6 Å². The Kier molecular flexibility index (Phi) is 5.30. The molecule has 0 heterocycles. The minimum Gasteiger partial charge on any atom is -0.366 e. The van der Waals surface area contributed by atoms with Gasteiger partial charge in [-0.15, -0.1) is 0 Å². The van der Waals surface area contributed by atoms with E-state index < -0.39 is 0 Å². The molecule has 0 rings (SSSR count). The van der Waals surface area contributed by atoms with E-state index in [9.17, 15) is 0 Å². The van der Waals surface area contributed by atoms with E-state index in [0.29, 0.717) is 6.04 Å². The van der Waals surface area contributed by atoms with Crippen molar-refractivity contribution in [3.63, 3.8) is 0 Å². The van der Waals surface area contributed by atoms with Gasteiger partial charge in [0.15, 0.2) is 5.11 Å². The van der Waals surface area contributed by atoms with E-state index in [-0.39, 0.29) is 1.43 Å². The molecule has 0 saturated heterocycles. The van der Waals surface area contributed by atoms with Gasteiger partial charge in [-0.1, -0.05) is 13.8 Å².